The molecule has 0 aliphatic carbocycles. The highest BCUT2D eigenvalue weighted by Gasteiger charge is 2.09. The number of carboxylic acid groups (broad SMARTS) is 1. The lowest BCUT2D eigenvalue weighted by molar-refractivity contribution is -0.430. The van der Waals surface area contributed by atoms with E-state index in [1.807, 2.05) is 31.2 Å². The molecule has 0 unspecified atom stereocenters. The molecule has 4 heteroatoms. The highest BCUT2D eigenvalue weighted by atomic mass is 16.5. The van der Waals surface area contributed by atoms with Gasteiger partial charge in [0.05, 0.1) is 6.61 Å². The number of hydrogen-bond acceptors (Lipinski definition) is 3. The second-order valence-corrected chi connectivity index (χ2v) is 3.69. The van der Waals surface area contributed by atoms with Crippen molar-refractivity contribution in [1.29, 1.82) is 0 Å². The third kappa shape index (κ3) is 3.90. The molecule has 0 fully saturated rings. The quantitative estimate of drug-likeness (QED) is 0.731. The van der Waals surface area contributed by atoms with Crippen LogP contribution in [-0.2, 0) is 4.79 Å². The number of ether oxygens (including phenoxy) is 1. The van der Waals surface area contributed by atoms with Gasteiger partial charge in [-0.2, -0.15) is 0 Å². The summed E-state index contributed by atoms with van der Waals surface area (Å²) in [5.41, 5.74) is 4.66. The van der Waals surface area contributed by atoms with Crippen LogP contribution in [-0.4, -0.2) is 12.6 Å². The summed E-state index contributed by atoms with van der Waals surface area (Å²) in [7, 11) is 0. The fourth-order valence-corrected chi connectivity index (χ4v) is 1.38. The molecule has 1 atom stereocenters. The first-order chi connectivity index (χ1) is 7.63. The molecule has 0 saturated carbocycles. The lowest BCUT2D eigenvalue weighted by atomic mass is 10.1. The Morgan fingerprint density at radius 1 is 1.44 bits per heavy atom. The minimum atomic E-state index is -1.08. The van der Waals surface area contributed by atoms with Crippen LogP contribution in [0.1, 0.15) is 31.4 Å². The van der Waals surface area contributed by atoms with Crippen LogP contribution in [0.4, 0.5) is 0 Å². The van der Waals surface area contributed by atoms with Crippen molar-refractivity contribution in [3.63, 3.8) is 0 Å². The fraction of sp³-hybridized carbons (Fsp3) is 0.417. The van der Waals surface area contributed by atoms with E-state index in [1.165, 1.54) is 0 Å². The fourth-order valence-electron chi connectivity index (χ4n) is 1.38. The standard InChI is InChI=1S/C12H17NO3/c1-2-7-16-10-5-3-9(4-6-10)11(13)8-12(14)15/h3-6,11H,2,7-8,13H2,1H3,(H,14,15)/t11-/m1/s1. The molecule has 0 heterocycles. The van der Waals surface area contributed by atoms with Gasteiger partial charge in [-0.15, -0.1) is 0 Å². The van der Waals surface area contributed by atoms with Crippen molar-refractivity contribution in [1.82, 2.24) is 0 Å². The second kappa shape index (κ2) is 6.12. The number of carboxylic acids is 1. The van der Waals surface area contributed by atoms with Crippen LogP contribution in [0.5, 0.6) is 5.75 Å². The highest BCUT2D eigenvalue weighted by molar-refractivity contribution is 5.65. The average molecular weight is 223 g/mol. The molecule has 0 saturated heterocycles. The maximum absolute atomic E-state index is 10.4. The van der Waals surface area contributed by atoms with Gasteiger partial charge in [-0.25, -0.2) is 0 Å². The normalized spacial score (nSPS) is 12.1. The van der Waals surface area contributed by atoms with Crippen LogP contribution < -0.4 is 15.6 Å². The summed E-state index contributed by atoms with van der Waals surface area (Å²) in [6, 6.07) is 7.07. The summed E-state index contributed by atoms with van der Waals surface area (Å²) in [5, 5.41) is 10.4. The molecule has 0 aliphatic rings. The third-order valence-corrected chi connectivity index (χ3v) is 2.24. The first kappa shape index (κ1) is 12.5. The van der Waals surface area contributed by atoms with Crippen LogP contribution in [0.3, 0.4) is 0 Å². The molecule has 1 aromatic rings. The van der Waals surface area contributed by atoms with Crippen LogP contribution in [0.25, 0.3) is 0 Å². The van der Waals surface area contributed by atoms with Gasteiger partial charge in [0.1, 0.15) is 11.8 Å². The van der Waals surface area contributed by atoms with E-state index < -0.39 is 5.97 Å². The monoisotopic (exact) mass is 223 g/mol. The van der Waals surface area contributed by atoms with Crippen molar-refractivity contribution in [2.75, 3.05) is 6.61 Å². The first-order valence-electron chi connectivity index (χ1n) is 5.39. The van der Waals surface area contributed by atoms with Gasteiger partial charge in [-0.1, -0.05) is 6.92 Å². The number of hydrogen-bond donors (Lipinski definition) is 1. The second-order valence-electron chi connectivity index (χ2n) is 3.69. The van der Waals surface area contributed by atoms with Crippen molar-refractivity contribution < 1.29 is 20.4 Å². The molecule has 0 radical (unpaired) electrons. The Labute approximate surface area is 95.0 Å². The molecule has 0 bridgehead atoms. The number of rotatable bonds is 6. The van der Waals surface area contributed by atoms with Gasteiger partial charge in [-0.3, -0.25) is 0 Å². The summed E-state index contributed by atoms with van der Waals surface area (Å²) >= 11 is 0. The van der Waals surface area contributed by atoms with E-state index in [9.17, 15) is 9.90 Å². The van der Waals surface area contributed by atoms with Crippen molar-refractivity contribution in [2.24, 2.45) is 0 Å². The minimum absolute atomic E-state index is 0.0604. The summed E-state index contributed by atoms with van der Waals surface area (Å²) in [4.78, 5) is 10.4. The topological polar surface area (TPSA) is 77.0 Å². The Morgan fingerprint density at radius 3 is 2.56 bits per heavy atom. The van der Waals surface area contributed by atoms with Crippen LogP contribution >= 0.6 is 0 Å². The molecule has 1 rings (SSSR count). The molecular weight excluding hydrogens is 206 g/mol. The molecule has 88 valence electrons. The zero-order valence-corrected chi connectivity index (χ0v) is 9.44. The largest absolute Gasteiger partial charge is 0.550 e. The van der Waals surface area contributed by atoms with Crippen molar-refractivity contribution in [3.8, 4) is 5.75 Å². The van der Waals surface area contributed by atoms with Crippen molar-refractivity contribution in [3.05, 3.63) is 29.8 Å². The van der Waals surface area contributed by atoms with Gasteiger partial charge in [0.15, 0.2) is 0 Å². The van der Waals surface area contributed by atoms with Gasteiger partial charge in [0.25, 0.3) is 0 Å². The van der Waals surface area contributed by atoms with Crippen molar-refractivity contribution >= 4 is 5.97 Å². The predicted octanol–water partition coefficient (Wildman–Crippen LogP) is -0.102. The summed E-state index contributed by atoms with van der Waals surface area (Å²) in [5.74, 6) is -0.280. The maximum atomic E-state index is 10.4. The molecule has 3 N–H and O–H groups in total. The molecule has 0 amide bonds. The number of carbonyl (C=O) groups excluding carboxylic acids is 1. The number of carbonyl (C=O) groups is 1. The predicted molar refractivity (Wildman–Crippen MR) is 57.5 cm³/mol. The van der Waals surface area contributed by atoms with Gasteiger partial charge < -0.3 is 20.4 Å². The molecule has 0 aromatic heterocycles. The summed E-state index contributed by atoms with van der Waals surface area (Å²) in [6.07, 6.45) is 0.902. The Balaban J connectivity index is 2.59. The molecule has 0 aliphatic heterocycles. The zero-order chi connectivity index (χ0) is 12.0. The van der Waals surface area contributed by atoms with Crippen LogP contribution in [0.15, 0.2) is 24.3 Å². The van der Waals surface area contributed by atoms with Crippen LogP contribution in [0, 0.1) is 0 Å². The van der Waals surface area contributed by atoms with Gasteiger partial charge in [-0.05, 0) is 30.7 Å². The third-order valence-electron chi connectivity index (χ3n) is 2.24. The lowest BCUT2D eigenvalue weighted by Gasteiger charge is -2.10. The molecular formula is C12H17NO3. The number of quaternary nitrogens is 1. The smallest absolute Gasteiger partial charge is 0.119 e. The SMILES string of the molecule is CCCOc1ccc([C@H]([NH3+])CC(=O)[O-])cc1. The maximum Gasteiger partial charge on any atom is 0.119 e. The van der Waals surface area contributed by atoms with E-state index >= 15 is 0 Å². The number of benzene rings is 1. The molecule has 1 aromatic carbocycles. The summed E-state index contributed by atoms with van der Waals surface area (Å²) < 4.78 is 5.42. The average Bonchev–Trinajstić information content (AvgIpc) is 2.26. The Kier molecular flexibility index (Phi) is 4.79. The minimum Gasteiger partial charge on any atom is -0.550 e. The Morgan fingerprint density at radius 2 is 2.06 bits per heavy atom. The number of aliphatic carboxylic acids is 1. The Hall–Kier alpha value is -1.55. The van der Waals surface area contributed by atoms with Gasteiger partial charge in [0.2, 0.25) is 0 Å². The Bertz CT molecular complexity index is 335. The summed E-state index contributed by atoms with van der Waals surface area (Å²) in [6.45, 7) is 2.73. The van der Waals surface area contributed by atoms with Crippen LogP contribution in [0.2, 0.25) is 0 Å². The van der Waals surface area contributed by atoms with E-state index in [4.69, 9.17) is 4.74 Å². The van der Waals surface area contributed by atoms with Gasteiger partial charge >= 0.3 is 0 Å². The van der Waals surface area contributed by atoms with E-state index in [2.05, 4.69) is 5.73 Å². The van der Waals surface area contributed by atoms with E-state index in [1.54, 1.807) is 0 Å². The van der Waals surface area contributed by atoms with E-state index in [-0.39, 0.29) is 12.5 Å². The first-order valence-corrected chi connectivity index (χ1v) is 5.39. The lowest BCUT2D eigenvalue weighted by Crippen LogP contribution is -2.55. The molecule has 16 heavy (non-hydrogen) atoms. The van der Waals surface area contributed by atoms with Gasteiger partial charge in [0, 0.05) is 18.0 Å². The molecule has 4 nitrogen and oxygen atoms in total. The molecule has 0 spiro atoms. The van der Waals surface area contributed by atoms with Crippen molar-refractivity contribution in [2.45, 2.75) is 25.8 Å². The van der Waals surface area contributed by atoms with E-state index in [0.717, 1.165) is 17.7 Å². The van der Waals surface area contributed by atoms with E-state index in [0.29, 0.717) is 6.61 Å². The highest BCUT2D eigenvalue weighted by Crippen LogP contribution is 2.17. The zero-order valence-electron chi connectivity index (χ0n) is 9.44.